The third kappa shape index (κ3) is 4.45. The maximum Gasteiger partial charge on any atom is 0.244 e. The normalized spacial score (nSPS) is 12.9. The van der Waals surface area contributed by atoms with E-state index in [0.717, 1.165) is 5.56 Å². The van der Waals surface area contributed by atoms with Gasteiger partial charge in [0.15, 0.2) is 0 Å². The van der Waals surface area contributed by atoms with E-state index >= 15 is 0 Å². The van der Waals surface area contributed by atoms with Gasteiger partial charge in [-0.2, -0.15) is 0 Å². The highest BCUT2D eigenvalue weighted by Crippen LogP contribution is 2.25. The summed E-state index contributed by atoms with van der Waals surface area (Å²) in [6, 6.07) is 11.5. The van der Waals surface area contributed by atoms with Crippen LogP contribution in [0.3, 0.4) is 0 Å². The molecule has 0 saturated carbocycles. The van der Waals surface area contributed by atoms with Gasteiger partial charge in [0, 0.05) is 11.6 Å². The Labute approximate surface area is 140 Å². The molecule has 23 heavy (non-hydrogen) atoms. The molecule has 2 aromatic carbocycles. The number of hydrogen-bond donors (Lipinski definition) is 2. The number of sulfonamides is 1. The Bertz CT molecular complexity index is 775. The molecule has 0 heterocycles. The van der Waals surface area contributed by atoms with Crippen molar-refractivity contribution in [2.24, 2.45) is 0 Å². The molecule has 0 saturated heterocycles. The first-order chi connectivity index (χ1) is 10.8. The van der Waals surface area contributed by atoms with Crippen molar-refractivity contribution in [1.82, 2.24) is 4.72 Å². The minimum Gasteiger partial charge on any atom is -0.495 e. The van der Waals surface area contributed by atoms with Crippen LogP contribution in [0.15, 0.2) is 47.4 Å². The average Bonchev–Trinajstić information content (AvgIpc) is 2.53. The molecule has 7 heteroatoms. The second-order valence-electron chi connectivity index (χ2n) is 5.07. The number of halogens is 1. The van der Waals surface area contributed by atoms with Crippen LogP contribution in [0.5, 0.6) is 5.75 Å². The summed E-state index contributed by atoms with van der Waals surface area (Å²) in [6.07, 6.45) is -0.974. The van der Waals surface area contributed by atoms with Gasteiger partial charge in [-0.3, -0.25) is 0 Å². The lowest BCUT2D eigenvalue weighted by atomic mass is 10.1. The lowest BCUT2D eigenvalue weighted by Crippen LogP contribution is -2.29. The van der Waals surface area contributed by atoms with Crippen LogP contribution >= 0.6 is 11.6 Å². The summed E-state index contributed by atoms with van der Waals surface area (Å²) in [5.41, 5.74) is 1.37. The predicted molar refractivity (Wildman–Crippen MR) is 89.3 cm³/mol. The Kier molecular flexibility index (Phi) is 5.64. The highest BCUT2D eigenvalue weighted by Gasteiger charge is 2.21. The molecule has 0 aromatic heterocycles. The fraction of sp³-hybridized carbons (Fsp3) is 0.250. The summed E-state index contributed by atoms with van der Waals surface area (Å²) >= 11 is 5.79. The Hall–Kier alpha value is -1.60. The van der Waals surface area contributed by atoms with Gasteiger partial charge in [0.25, 0.3) is 0 Å². The molecular formula is C16H18ClNO4S. The lowest BCUT2D eigenvalue weighted by Gasteiger charge is -2.14. The van der Waals surface area contributed by atoms with E-state index in [-0.39, 0.29) is 17.2 Å². The number of aliphatic hydroxyl groups excluding tert-OH is 1. The van der Waals surface area contributed by atoms with Crippen LogP contribution in [-0.2, 0) is 10.0 Å². The summed E-state index contributed by atoms with van der Waals surface area (Å²) in [4.78, 5) is 0.0447. The summed E-state index contributed by atoms with van der Waals surface area (Å²) in [6.45, 7) is 1.64. The Morgan fingerprint density at radius 3 is 2.48 bits per heavy atom. The first-order valence-electron chi connectivity index (χ1n) is 6.91. The van der Waals surface area contributed by atoms with E-state index in [1.54, 1.807) is 43.3 Å². The van der Waals surface area contributed by atoms with Crippen LogP contribution < -0.4 is 9.46 Å². The molecule has 2 aromatic rings. The van der Waals surface area contributed by atoms with E-state index in [9.17, 15) is 13.5 Å². The number of aliphatic hydroxyl groups is 1. The van der Waals surface area contributed by atoms with Crippen LogP contribution in [0.1, 0.15) is 17.2 Å². The lowest BCUT2D eigenvalue weighted by molar-refractivity contribution is 0.182. The third-order valence-corrected chi connectivity index (χ3v) is 5.03. The van der Waals surface area contributed by atoms with Crippen LogP contribution in [0.25, 0.3) is 0 Å². The first kappa shape index (κ1) is 17.7. The maximum absolute atomic E-state index is 12.4. The number of nitrogens with one attached hydrogen (secondary N) is 1. The number of methoxy groups -OCH3 is 1. The van der Waals surface area contributed by atoms with Crippen molar-refractivity contribution >= 4 is 21.6 Å². The fourth-order valence-corrected chi connectivity index (χ4v) is 3.48. The minimum atomic E-state index is -3.80. The quantitative estimate of drug-likeness (QED) is 0.835. The van der Waals surface area contributed by atoms with Gasteiger partial charge in [-0.1, -0.05) is 29.8 Å². The topological polar surface area (TPSA) is 75.6 Å². The molecule has 2 rings (SSSR count). The maximum atomic E-state index is 12.4. The summed E-state index contributed by atoms with van der Waals surface area (Å²) in [5, 5.41) is 10.6. The van der Waals surface area contributed by atoms with Gasteiger partial charge >= 0.3 is 0 Å². The molecule has 5 nitrogen and oxygen atoms in total. The number of benzene rings is 2. The zero-order valence-corrected chi connectivity index (χ0v) is 14.4. The van der Waals surface area contributed by atoms with Gasteiger partial charge in [0.2, 0.25) is 10.0 Å². The van der Waals surface area contributed by atoms with Gasteiger partial charge in [-0.05, 0) is 42.3 Å². The molecule has 0 fully saturated rings. The van der Waals surface area contributed by atoms with Crippen molar-refractivity contribution in [3.63, 3.8) is 0 Å². The van der Waals surface area contributed by atoms with Crippen LogP contribution in [0.4, 0.5) is 0 Å². The smallest absolute Gasteiger partial charge is 0.244 e. The van der Waals surface area contributed by atoms with E-state index in [1.165, 1.54) is 13.2 Å². The second kappa shape index (κ2) is 7.31. The molecule has 124 valence electrons. The predicted octanol–water partition coefficient (Wildman–Crippen LogP) is 2.67. The Balaban J connectivity index is 2.15. The van der Waals surface area contributed by atoms with E-state index in [2.05, 4.69) is 4.72 Å². The SMILES string of the molecule is COc1ccc(C)cc1S(=O)(=O)NCC(O)c1ccc(Cl)cc1. The van der Waals surface area contributed by atoms with Gasteiger partial charge in [0.1, 0.15) is 10.6 Å². The minimum absolute atomic E-state index is 0.0447. The van der Waals surface area contributed by atoms with Crippen molar-refractivity contribution in [3.05, 3.63) is 58.6 Å². The van der Waals surface area contributed by atoms with Gasteiger partial charge in [-0.15, -0.1) is 0 Å². The van der Waals surface area contributed by atoms with Crippen molar-refractivity contribution in [1.29, 1.82) is 0 Å². The van der Waals surface area contributed by atoms with E-state index in [1.807, 2.05) is 0 Å². The number of hydrogen-bond acceptors (Lipinski definition) is 4. The zero-order chi connectivity index (χ0) is 17.0. The van der Waals surface area contributed by atoms with Crippen LogP contribution in [-0.4, -0.2) is 27.2 Å². The van der Waals surface area contributed by atoms with Crippen molar-refractivity contribution in [2.45, 2.75) is 17.9 Å². The molecule has 0 radical (unpaired) electrons. The van der Waals surface area contributed by atoms with Gasteiger partial charge in [-0.25, -0.2) is 13.1 Å². The van der Waals surface area contributed by atoms with Crippen molar-refractivity contribution < 1.29 is 18.3 Å². The van der Waals surface area contributed by atoms with Crippen LogP contribution in [0, 0.1) is 6.92 Å². The van der Waals surface area contributed by atoms with Crippen molar-refractivity contribution in [3.8, 4) is 5.75 Å². The van der Waals surface area contributed by atoms with Crippen LogP contribution in [0.2, 0.25) is 5.02 Å². The zero-order valence-electron chi connectivity index (χ0n) is 12.8. The number of ether oxygens (including phenoxy) is 1. The molecule has 0 aliphatic carbocycles. The number of rotatable bonds is 6. The Morgan fingerprint density at radius 1 is 1.22 bits per heavy atom. The molecule has 0 aliphatic rings. The van der Waals surface area contributed by atoms with Gasteiger partial charge in [0.05, 0.1) is 13.2 Å². The summed E-state index contributed by atoms with van der Waals surface area (Å²) in [5.74, 6) is 0.254. The molecule has 1 unspecified atom stereocenters. The monoisotopic (exact) mass is 355 g/mol. The molecular weight excluding hydrogens is 338 g/mol. The molecule has 2 N–H and O–H groups in total. The van der Waals surface area contributed by atoms with E-state index in [0.29, 0.717) is 10.6 Å². The fourth-order valence-electron chi connectivity index (χ4n) is 2.06. The molecule has 1 atom stereocenters. The van der Waals surface area contributed by atoms with E-state index < -0.39 is 16.1 Å². The van der Waals surface area contributed by atoms with Crippen molar-refractivity contribution in [2.75, 3.05) is 13.7 Å². The highest BCUT2D eigenvalue weighted by atomic mass is 35.5. The van der Waals surface area contributed by atoms with E-state index in [4.69, 9.17) is 16.3 Å². The highest BCUT2D eigenvalue weighted by molar-refractivity contribution is 7.89. The number of aryl methyl sites for hydroxylation is 1. The standard InChI is InChI=1S/C16H18ClNO4S/c1-11-3-8-15(22-2)16(9-11)23(20,21)18-10-14(19)12-4-6-13(17)7-5-12/h3-9,14,18-19H,10H2,1-2H3. The van der Waals surface area contributed by atoms with Gasteiger partial charge < -0.3 is 9.84 Å². The summed E-state index contributed by atoms with van der Waals surface area (Å²) < 4.78 is 32.4. The molecule has 0 bridgehead atoms. The third-order valence-electron chi connectivity index (χ3n) is 3.33. The molecule has 0 spiro atoms. The first-order valence-corrected chi connectivity index (χ1v) is 8.77. The molecule has 0 aliphatic heterocycles. The summed E-state index contributed by atoms with van der Waals surface area (Å²) in [7, 11) is -2.39. The second-order valence-corrected chi connectivity index (χ2v) is 7.25. The largest absolute Gasteiger partial charge is 0.495 e. The average molecular weight is 356 g/mol. The Morgan fingerprint density at radius 2 is 1.87 bits per heavy atom. The molecule has 0 amide bonds.